The third kappa shape index (κ3) is 2.25. The summed E-state index contributed by atoms with van der Waals surface area (Å²) < 4.78 is 37.8. The molecule has 2 heterocycles. The first-order valence-electron chi connectivity index (χ1n) is 5.41. The molecule has 0 unspecified atom stereocenters. The Morgan fingerprint density at radius 3 is 2.80 bits per heavy atom. The lowest BCUT2D eigenvalue weighted by atomic mass is 10.2. The third-order valence-electron chi connectivity index (χ3n) is 2.59. The van der Waals surface area contributed by atoms with Gasteiger partial charge in [-0.05, 0) is 12.1 Å². The fraction of sp³-hybridized carbons (Fsp3) is 0.0909. The maximum absolute atomic E-state index is 12.6. The molecule has 0 saturated carbocycles. The van der Waals surface area contributed by atoms with Gasteiger partial charge in [-0.15, -0.1) is 5.10 Å². The van der Waals surface area contributed by atoms with E-state index in [1.54, 1.807) is 6.20 Å². The van der Waals surface area contributed by atoms with Gasteiger partial charge in [0, 0.05) is 11.4 Å². The van der Waals surface area contributed by atoms with Crippen LogP contribution in [0.15, 0.2) is 29.5 Å². The van der Waals surface area contributed by atoms with Crippen molar-refractivity contribution in [2.75, 3.05) is 5.01 Å². The van der Waals surface area contributed by atoms with Crippen LogP contribution in [0.2, 0.25) is 0 Å². The van der Waals surface area contributed by atoms with Crippen LogP contribution in [0.1, 0.15) is 5.56 Å². The van der Waals surface area contributed by atoms with E-state index in [2.05, 4.69) is 32.1 Å². The third-order valence-corrected chi connectivity index (χ3v) is 2.59. The Balaban J connectivity index is 2.03. The number of rotatable bonds is 1. The van der Waals surface area contributed by atoms with Crippen LogP contribution in [0, 0.1) is 6.33 Å². The van der Waals surface area contributed by atoms with Crippen LogP contribution < -0.4 is 21.1 Å². The molecule has 0 bridgehead atoms. The number of fused-ring (bicyclic) bond motifs is 1. The average molecular weight is 279 g/mol. The van der Waals surface area contributed by atoms with Crippen molar-refractivity contribution in [1.82, 2.24) is 20.7 Å². The molecule has 3 rings (SSSR count). The first-order chi connectivity index (χ1) is 9.54. The number of halogens is 3. The zero-order chi connectivity index (χ0) is 14.2. The fourth-order valence-electron chi connectivity index (χ4n) is 1.64. The van der Waals surface area contributed by atoms with Crippen molar-refractivity contribution in [2.24, 2.45) is 5.10 Å². The van der Waals surface area contributed by atoms with Crippen molar-refractivity contribution < 1.29 is 13.2 Å². The van der Waals surface area contributed by atoms with Gasteiger partial charge in [0.25, 0.3) is 0 Å². The van der Waals surface area contributed by atoms with E-state index in [1.165, 1.54) is 17.3 Å². The second kappa shape index (κ2) is 4.44. The minimum absolute atomic E-state index is 0.196. The zero-order valence-corrected chi connectivity index (χ0v) is 9.76. The van der Waals surface area contributed by atoms with Gasteiger partial charge in [0.05, 0.1) is 17.1 Å². The molecule has 1 aromatic heterocycles. The van der Waals surface area contributed by atoms with Gasteiger partial charge in [0.15, 0.2) is 5.82 Å². The number of anilines is 1. The van der Waals surface area contributed by atoms with Crippen molar-refractivity contribution in [3.8, 4) is 0 Å². The number of nitrogens with zero attached hydrogens (tertiary/aromatic N) is 5. The molecule has 101 valence electrons. The summed E-state index contributed by atoms with van der Waals surface area (Å²) in [5, 5.41) is 13.0. The summed E-state index contributed by atoms with van der Waals surface area (Å²) in [4.78, 5) is 3.83. The molecule has 20 heavy (non-hydrogen) atoms. The number of hydrogen-bond donors (Lipinski definition) is 1. The van der Waals surface area contributed by atoms with Crippen LogP contribution in [0.5, 0.6) is 0 Å². The molecule has 6 nitrogen and oxygen atoms in total. The Hall–Kier alpha value is -2.71. The topological polar surface area (TPSA) is 66.3 Å². The van der Waals surface area contributed by atoms with Gasteiger partial charge >= 0.3 is 6.18 Å². The highest BCUT2D eigenvalue weighted by Crippen LogP contribution is 2.27. The molecule has 1 aliphatic rings. The van der Waals surface area contributed by atoms with Crippen molar-refractivity contribution in [3.63, 3.8) is 0 Å². The highest BCUT2D eigenvalue weighted by molar-refractivity contribution is 5.51. The van der Waals surface area contributed by atoms with Crippen LogP contribution >= 0.6 is 0 Å². The number of hydrazine groups is 1. The summed E-state index contributed by atoms with van der Waals surface area (Å²) in [5.74, 6) is 0.370. The van der Waals surface area contributed by atoms with E-state index < -0.39 is 11.7 Å². The summed E-state index contributed by atoms with van der Waals surface area (Å²) in [7, 11) is 0. The van der Waals surface area contributed by atoms with Gasteiger partial charge in [-0.1, -0.05) is 6.07 Å². The second-order valence-corrected chi connectivity index (χ2v) is 3.90. The fourth-order valence-corrected chi connectivity index (χ4v) is 1.64. The molecule has 1 aromatic carbocycles. The Morgan fingerprint density at radius 2 is 2.10 bits per heavy atom. The zero-order valence-electron chi connectivity index (χ0n) is 9.76. The highest BCUT2D eigenvalue weighted by Gasteiger charge is 2.30. The SMILES string of the molecule is FC(F)(F)c1ccc2c(c1)=NNN(c1cnn[c]n1)C=2. The van der Waals surface area contributed by atoms with Crippen LogP contribution in [0.3, 0.4) is 0 Å². The normalized spacial score (nSPS) is 13.8. The van der Waals surface area contributed by atoms with Crippen LogP contribution in [0.4, 0.5) is 19.0 Å². The molecule has 0 aliphatic carbocycles. The average Bonchev–Trinajstić information content (AvgIpc) is 2.46. The molecule has 1 N–H and O–H groups in total. The van der Waals surface area contributed by atoms with Gasteiger partial charge in [-0.3, -0.25) is 0 Å². The van der Waals surface area contributed by atoms with Gasteiger partial charge < -0.3 is 0 Å². The monoisotopic (exact) mass is 279 g/mol. The highest BCUT2D eigenvalue weighted by atomic mass is 19.4. The Morgan fingerprint density at radius 1 is 1.25 bits per heavy atom. The quantitative estimate of drug-likeness (QED) is 0.795. The standard InChI is InChI=1S/C11H6F3N6/c12-11(13,14)8-2-1-7-5-20(19-18-9(7)3-8)10-4-16-17-6-15-10/h1-5,19H. The molecule has 1 aliphatic heterocycles. The van der Waals surface area contributed by atoms with E-state index in [1.807, 2.05) is 0 Å². The maximum atomic E-state index is 12.6. The Bertz CT molecular complexity index is 743. The van der Waals surface area contributed by atoms with Gasteiger partial charge in [0.1, 0.15) is 0 Å². The summed E-state index contributed by atoms with van der Waals surface area (Å²) in [6.45, 7) is 0. The van der Waals surface area contributed by atoms with Crippen molar-refractivity contribution in [1.29, 1.82) is 0 Å². The molecule has 0 fully saturated rings. The lowest BCUT2D eigenvalue weighted by Crippen LogP contribution is -2.43. The minimum Gasteiger partial charge on any atom is -0.227 e. The predicted octanol–water partition coefficient (Wildman–Crippen LogP) is -0.0120. The molecule has 1 radical (unpaired) electrons. The largest absolute Gasteiger partial charge is 0.416 e. The van der Waals surface area contributed by atoms with E-state index in [4.69, 9.17) is 0 Å². The predicted molar refractivity (Wildman–Crippen MR) is 61.0 cm³/mol. The Kier molecular flexibility index (Phi) is 2.74. The minimum atomic E-state index is -4.40. The number of benzene rings is 1. The van der Waals surface area contributed by atoms with Gasteiger partial charge in [-0.2, -0.15) is 23.4 Å². The van der Waals surface area contributed by atoms with E-state index in [0.29, 0.717) is 11.0 Å². The van der Waals surface area contributed by atoms with Crippen molar-refractivity contribution in [2.45, 2.75) is 6.18 Å². The summed E-state index contributed by atoms with van der Waals surface area (Å²) >= 11 is 0. The number of nitrogens with one attached hydrogen (secondary N) is 1. The number of hydrogen-bond acceptors (Lipinski definition) is 6. The van der Waals surface area contributed by atoms with Crippen molar-refractivity contribution >= 4 is 12.0 Å². The van der Waals surface area contributed by atoms with E-state index >= 15 is 0 Å². The van der Waals surface area contributed by atoms with E-state index in [0.717, 1.165) is 12.1 Å². The molecule has 2 aromatic rings. The van der Waals surface area contributed by atoms with Crippen LogP contribution in [-0.2, 0) is 6.18 Å². The summed E-state index contributed by atoms with van der Waals surface area (Å²) in [6, 6.07) is 3.31. The van der Waals surface area contributed by atoms with Crippen molar-refractivity contribution in [3.05, 3.63) is 46.9 Å². The van der Waals surface area contributed by atoms with Gasteiger partial charge in [-0.25, -0.2) is 15.5 Å². The second-order valence-electron chi connectivity index (χ2n) is 3.90. The lowest BCUT2D eigenvalue weighted by Gasteiger charge is -2.19. The summed E-state index contributed by atoms with van der Waals surface area (Å²) in [6.07, 6.45) is 0.834. The van der Waals surface area contributed by atoms with E-state index in [9.17, 15) is 13.2 Å². The number of aromatic nitrogens is 3. The lowest BCUT2D eigenvalue weighted by molar-refractivity contribution is -0.137. The molecule has 9 heteroatoms. The van der Waals surface area contributed by atoms with Crippen LogP contribution in [0.25, 0.3) is 6.20 Å². The van der Waals surface area contributed by atoms with E-state index in [-0.39, 0.29) is 5.36 Å². The first-order valence-corrected chi connectivity index (χ1v) is 5.41. The Labute approximate surface area is 110 Å². The smallest absolute Gasteiger partial charge is 0.227 e. The molecule has 0 saturated heterocycles. The molecule has 0 spiro atoms. The molecule has 0 amide bonds. The molecule has 0 atom stereocenters. The summed E-state index contributed by atoms with van der Waals surface area (Å²) in [5.41, 5.74) is 1.81. The molecular weight excluding hydrogens is 273 g/mol. The molecular formula is C11H6F3N6. The number of alkyl halides is 3. The maximum Gasteiger partial charge on any atom is 0.416 e. The first kappa shape index (κ1) is 12.3. The van der Waals surface area contributed by atoms with Crippen LogP contribution in [-0.4, -0.2) is 15.2 Å². The van der Waals surface area contributed by atoms with Gasteiger partial charge in [0.2, 0.25) is 6.33 Å².